The van der Waals surface area contributed by atoms with Crippen molar-refractivity contribution >= 4 is 33.2 Å². The van der Waals surface area contributed by atoms with E-state index in [-0.39, 0.29) is 22.6 Å². The van der Waals surface area contributed by atoms with Gasteiger partial charge in [-0.3, -0.25) is 9.59 Å². The molecule has 1 aromatic heterocycles. The summed E-state index contributed by atoms with van der Waals surface area (Å²) in [6, 6.07) is 2.19. The fourth-order valence-electron chi connectivity index (χ4n) is 1.96. The third kappa shape index (κ3) is 5.88. The molecular weight excluding hydrogens is 350 g/mol. The third-order valence-electron chi connectivity index (χ3n) is 3.30. The van der Waals surface area contributed by atoms with Gasteiger partial charge in [0.05, 0.1) is 6.54 Å². The molecule has 2 N–H and O–H groups in total. The predicted octanol–water partition coefficient (Wildman–Crippen LogP) is 1.04. The van der Waals surface area contributed by atoms with E-state index >= 15 is 0 Å². The number of hydrogen-bond donors (Lipinski definition) is 2. The number of rotatable bonds is 9. The molecule has 1 aromatic rings. The second kappa shape index (κ2) is 9.14. The molecule has 136 valence electrons. The number of nitrogens with one attached hydrogen (secondary N) is 2. The molecule has 0 aliphatic rings. The van der Waals surface area contributed by atoms with Crippen molar-refractivity contribution < 1.29 is 18.0 Å². The van der Waals surface area contributed by atoms with E-state index in [9.17, 15) is 18.0 Å². The van der Waals surface area contributed by atoms with Crippen LogP contribution in [-0.4, -0.2) is 51.3 Å². The molecule has 1 atom stereocenters. The van der Waals surface area contributed by atoms with E-state index in [1.807, 2.05) is 6.92 Å². The van der Waals surface area contributed by atoms with Crippen LogP contribution in [0.1, 0.15) is 27.2 Å². The Morgan fingerprint density at radius 2 is 2.00 bits per heavy atom. The molecule has 0 aromatic carbocycles. The Hall–Kier alpha value is -1.45. The van der Waals surface area contributed by atoms with Crippen LogP contribution in [0.4, 0.5) is 0 Å². The van der Waals surface area contributed by atoms with Gasteiger partial charge in [-0.05, 0) is 23.8 Å². The molecule has 9 heteroatoms. The highest BCUT2D eigenvalue weighted by Crippen LogP contribution is 2.17. The van der Waals surface area contributed by atoms with Gasteiger partial charge in [0, 0.05) is 13.6 Å². The molecule has 0 bridgehead atoms. The Bertz CT molecular complexity index is 642. The summed E-state index contributed by atoms with van der Waals surface area (Å²) in [5.41, 5.74) is 0. The van der Waals surface area contributed by atoms with Crippen LogP contribution in [-0.2, 0) is 19.6 Å². The first-order chi connectivity index (χ1) is 11.2. The summed E-state index contributed by atoms with van der Waals surface area (Å²) in [5, 5.41) is 4.34. The summed E-state index contributed by atoms with van der Waals surface area (Å²) in [5.74, 6) is -0.957. The molecule has 24 heavy (non-hydrogen) atoms. The minimum Gasteiger partial charge on any atom is -0.355 e. The van der Waals surface area contributed by atoms with Crippen LogP contribution in [0.2, 0.25) is 0 Å². The summed E-state index contributed by atoms with van der Waals surface area (Å²) >= 11 is 1.08. The quantitative estimate of drug-likeness (QED) is 0.674. The molecule has 7 nitrogen and oxygen atoms in total. The van der Waals surface area contributed by atoms with Crippen molar-refractivity contribution in [2.75, 3.05) is 20.1 Å². The minimum absolute atomic E-state index is 0.108. The normalized spacial score (nSPS) is 12.9. The standard InChI is InChI=1S/C15H25N3O4S2/c1-5-8-16-12(19)10-18(4)15(20)14(11(2)3)17-24(21,22)13-7-6-9-23-13/h6-7,9,11,14,17H,5,8,10H2,1-4H3,(H,16,19)/t14-/m1/s1. The van der Waals surface area contributed by atoms with Crippen molar-refractivity contribution in [3.8, 4) is 0 Å². The van der Waals surface area contributed by atoms with Gasteiger partial charge in [-0.15, -0.1) is 11.3 Å². The van der Waals surface area contributed by atoms with Gasteiger partial charge in [-0.1, -0.05) is 26.8 Å². The number of carbonyl (C=O) groups is 2. The summed E-state index contributed by atoms with van der Waals surface area (Å²) in [4.78, 5) is 25.5. The Morgan fingerprint density at radius 1 is 1.33 bits per heavy atom. The fraction of sp³-hybridized carbons (Fsp3) is 0.600. The zero-order valence-corrected chi connectivity index (χ0v) is 16.0. The topological polar surface area (TPSA) is 95.6 Å². The molecule has 2 amide bonds. The SMILES string of the molecule is CCCNC(=O)CN(C)C(=O)[C@H](NS(=O)(=O)c1cccs1)C(C)C. The van der Waals surface area contributed by atoms with Gasteiger partial charge in [0.1, 0.15) is 10.3 Å². The van der Waals surface area contributed by atoms with E-state index in [4.69, 9.17) is 0 Å². The lowest BCUT2D eigenvalue weighted by atomic mass is 10.0. The van der Waals surface area contributed by atoms with Crippen molar-refractivity contribution in [3.05, 3.63) is 17.5 Å². The second-order valence-corrected chi connectivity index (χ2v) is 8.71. The van der Waals surface area contributed by atoms with E-state index in [0.717, 1.165) is 17.8 Å². The van der Waals surface area contributed by atoms with Crippen LogP contribution in [0.15, 0.2) is 21.7 Å². The Balaban J connectivity index is 2.80. The maximum absolute atomic E-state index is 12.6. The smallest absolute Gasteiger partial charge is 0.250 e. The molecule has 0 radical (unpaired) electrons. The highest BCUT2D eigenvalue weighted by molar-refractivity contribution is 7.91. The highest BCUT2D eigenvalue weighted by Gasteiger charge is 2.31. The summed E-state index contributed by atoms with van der Waals surface area (Å²) < 4.78 is 27.3. The Labute approximate surface area is 147 Å². The monoisotopic (exact) mass is 375 g/mol. The average molecular weight is 376 g/mol. The van der Waals surface area contributed by atoms with E-state index < -0.39 is 22.0 Å². The molecule has 1 rings (SSSR count). The van der Waals surface area contributed by atoms with Gasteiger partial charge in [0.2, 0.25) is 11.8 Å². The van der Waals surface area contributed by atoms with Crippen molar-refractivity contribution in [3.63, 3.8) is 0 Å². The van der Waals surface area contributed by atoms with E-state index in [2.05, 4.69) is 10.0 Å². The number of thiophene rings is 1. The largest absolute Gasteiger partial charge is 0.355 e. The zero-order valence-electron chi connectivity index (χ0n) is 14.4. The minimum atomic E-state index is -3.76. The summed E-state index contributed by atoms with van der Waals surface area (Å²) in [6.45, 7) is 5.88. The van der Waals surface area contributed by atoms with Crippen LogP contribution in [0.3, 0.4) is 0 Å². The van der Waals surface area contributed by atoms with Gasteiger partial charge >= 0.3 is 0 Å². The van der Waals surface area contributed by atoms with Crippen molar-refractivity contribution in [1.29, 1.82) is 0 Å². The van der Waals surface area contributed by atoms with Crippen molar-refractivity contribution in [2.24, 2.45) is 5.92 Å². The van der Waals surface area contributed by atoms with Crippen molar-refractivity contribution in [2.45, 2.75) is 37.4 Å². The van der Waals surface area contributed by atoms with E-state index in [1.54, 1.807) is 25.3 Å². The lowest BCUT2D eigenvalue weighted by Gasteiger charge is -2.26. The number of carbonyl (C=O) groups excluding carboxylic acids is 2. The maximum atomic E-state index is 12.6. The molecule has 0 aliphatic carbocycles. The van der Waals surface area contributed by atoms with Crippen LogP contribution < -0.4 is 10.0 Å². The van der Waals surface area contributed by atoms with Crippen molar-refractivity contribution in [1.82, 2.24) is 14.9 Å². The molecule has 0 unspecified atom stereocenters. The van der Waals surface area contributed by atoms with Crippen LogP contribution in [0.25, 0.3) is 0 Å². The fourth-order valence-corrected chi connectivity index (χ4v) is 4.31. The first kappa shape index (κ1) is 20.6. The van der Waals surface area contributed by atoms with Gasteiger partial charge in [-0.25, -0.2) is 8.42 Å². The molecule has 0 spiro atoms. The Kier molecular flexibility index (Phi) is 7.85. The summed E-state index contributed by atoms with van der Waals surface area (Å²) in [6.07, 6.45) is 0.804. The first-order valence-corrected chi connectivity index (χ1v) is 10.1. The number of hydrogen-bond acceptors (Lipinski definition) is 5. The molecule has 0 fully saturated rings. The maximum Gasteiger partial charge on any atom is 0.250 e. The van der Waals surface area contributed by atoms with Crippen LogP contribution >= 0.6 is 11.3 Å². The Morgan fingerprint density at radius 3 is 2.50 bits per heavy atom. The second-order valence-electron chi connectivity index (χ2n) is 5.82. The third-order valence-corrected chi connectivity index (χ3v) is 6.14. The molecule has 0 saturated carbocycles. The zero-order chi connectivity index (χ0) is 18.3. The lowest BCUT2D eigenvalue weighted by molar-refractivity contribution is -0.136. The number of nitrogens with zero attached hydrogens (tertiary/aromatic N) is 1. The van der Waals surface area contributed by atoms with E-state index in [0.29, 0.717) is 6.54 Å². The molecule has 0 aliphatic heterocycles. The molecular formula is C15H25N3O4S2. The van der Waals surface area contributed by atoms with Crippen LogP contribution in [0, 0.1) is 5.92 Å². The van der Waals surface area contributed by atoms with Crippen LogP contribution in [0.5, 0.6) is 0 Å². The number of amides is 2. The van der Waals surface area contributed by atoms with Gasteiger partial charge in [-0.2, -0.15) is 4.72 Å². The average Bonchev–Trinajstić information content (AvgIpc) is 3.04. The molecule has 0 saturated heterocycles. The first-order valence-electron chi connectivity index (χ1n) is 7.76. The predicted molar refractivity (Wildman–Crippen MR) is 94.2 cm³/mol. The van der Waals surface area contributed by atoms with Gasteiger partial charge < -0.3 is 10.2 Å². The lowest BCUT2D eigenvalue weighted by Crippen LogP contribution is -2.51. The van der Waals surface area contributed by atoms with Gasteiger partial charge in [0.15, 0.2) is 0 Å². The number of likely N-dealkylation sites (N-methyl/N-ethyl adjacent to an activating group) is 1. The summed E-state index contributed by atoms with van der Waals surface area (Å²) in [7, 11) is -2.27. The number of sulfonamides is 1. The van der Waals surface area contributed by atoms with Gasteiger partial charge in [0.25, 0.3) is 10.0 Å². The molecule has 1 heterocycles. The highest BCUT2D eigenvalue weighted by atomic mass is 32.2. The van der Waals surface area contributed by atoms with E-state index in [1.165, 1.54) is 18.0 Å².